The quantitative estimate of drug-likeness (QED) is 0.171. The van der Waals surface area contributed by atoms with Gasteiger partial charge in [0.05, 0.1) is 11.4 Å². The van der Waals surface area contributed by atoms with Gasteiger partial charge in [-0.25, -0.2) is 0 Å². The fourth-order valence-corrected chi connectivity index (χ4v) is 13.7. The van der Waals surface area contributed by atoms with Gasteiger partial charge in [-0.15, -0.1) is 0 Å². The molecule has 0 saturated heterocycles. The van der Waals surface area contributed by atoms with Crippen LogP contribution in [0.15, 0.2) is 200 Å². The fourth-order valence-electron chi connectivity index (χ4n) is 8.54. The Bertz CT molecular complexity index is 2490. The lowest BCUT2D eigenvalue weighted by Gasteiger charge is -2.46. The minimum absolute atomic E-state index is 1.21. The largest absolute Gasteiger partial charge is 0.309 e. The number of benzene rings is 8. The molecule has 2 heteroatoms. The van der Waals surface area contributed by atoms with Crippen molar-refractivity contribution in [3.05, 3.63) is 200 Å². The number of nitrogens with zero attached hydrogens (tertiary/aromatic N) is 1. The first-order chi connectivity index (χ1) is 24.8. The lowest BCUT2D eigenvalue weighted by molar-refractivity contribution is 1.30. The van der Waals surface area contributed by atoms with Crippen LogP contribution >= 0.6 is 0 Å². The summed E-state index contributed by atoms with van der Waals surface area (Å²) in [5.74, 6) is 0. The topological polar surface area (TPSA) is 3.24 Å². The van der Waals surface area contributed by atoms with Crippen molar-refractivity contribution in [3.8, 4) is 44.5 Å². The summed E-state index contributed by atoms with van der Waals surface area (Å²) in [6.45, 7) is 0. The van der Waals surface area contributed by atoms with Crippen molar-refractivity contribution in [3.63, 3.8) is 0 Å². The molecule has 2 heterocycles. The molecule has 50 heavy (non-hydrogen) atoms. The van der Waals surface area contributed by atoms with Gasteiger partial charge in [-0.1, -0.05) is 182 Å². The summed E-state index contributed by atoms with van der Waals surface area (Å²) in [6.07, 6.45) is 0. The highest BCUT2D eigenvalue weighted by Crippen LogP contribution is 2.52. The molecule has 0 amide bonds. The van der Waals surface area contributed by atoms with Gasteiger partial charge in [0.25, 0.3) is 0 Å². The van der Waals surface area contributed by atoms with E-state index < -0.39 is 8.07 Å². The van der Waals surface area contributed by atoms with E-state index in [1.165, 1.54) is 82.3 Å². The summed E-state index contributed by atoms with van der Waals surface area (Å²) < 4.78 is 0. The predicted molar refractivity (Wildman–Crippen MR) is 214 cm³/mol. The summed E-state index contributed by atoms with van der Waals surface area (Å²) in [4.78, 5) is 2.59. The molecule has 0 aliphatic carbocycles. The van der Waals surface area contributed by atoms with E-state index in [-0.39, 0.29) is 0 Å². The molecule has 8 aromatic carbocycles. The van der Waals surface area contributed by atoms with Crippen molar-refractivity contribution >= 4 is 45.9 Å². The van der Waals surface area contributed by atoms with Crippen LogP contribution in [0.4, 0.5) is 17.1 Å². The number of hydrogen-bond acceptors (Lipinski definition) is 1. The third-order valence-electron chi connectivity index (χ3n) is 10.7. The lowest BCUT2D eigenvalue weighted by atomic mass is 9.92. The molecule has 2 aliphatic heterocycles. The van der Waals surface area contributed by atoms with E-state index in [0.29, 0.717) is 0 Å². The second-order valence-electron chi connectivity index (χ2n) is 13.3. The summed E-state index contributed by atoms with van der Waals surface area (Å²) in [5.41, 5.74) is 13.8. The van der Waals surface area contributed by atoms with E-state index in [1.807, 2.05) is 0 Å². The normalized spacial score (nSPS) is 13.3. The second kappa shape index (κ2) is 11.4. The summed E-state index contributed by atoms with van der Waals surface area (Å²) in [5, 5.41) is 5.59. The molecule has 10 rings (SSSR count). The van der Waals surface area contributed by atoms with Crippen LogP contribution in [0.1, 0.15) is 0 Å². The number of anilines is 3. The van der Waals surface area contributed by atoms with Gasteiger partial charge in [0.1, 0.15) is 0 Å². The van der Waals surface area contributed by atoms with Crippen molar-refractivity contribution in [1.29, 1.82) is 0 Å². The summed E-state index contributed by atoms with van der Waals surface area (Å²) >= 11 is 0. The molecule has 0 aromatic heterocycles. The Hall–Kier alpha value is -6.22. The smallest absolute Gasteiger partial charge is 0.184 e. The molecule has 234 valence electrons. The Kier molecular flexibility index (Phi) is 6.58. The van der Waals surface area contributed by atoms with Gasteiger partial charge in [0, 0.05) is 16.8 Å². The van der Waals surface area contributed by atoms with Crippen LogP contribution in [0.3, 0.4) is 0 Å². The van der Waals surface area contributed by atoms with E-state index >= 15 is 0 Å². The van der Waals surface area contributed by atoms with Gasteiger partial charge in [-0.2, -0.15) is 0 Å². The first kappa shape index (κ1) is 28.8. The number of hydrogen-bond donors (Lipinski definition) is 0. The highest BCUT2D eigenvalue weighted by Gasteiger charge is 2.50. The average Bonchev–Trinajstić information content (AvgIpc) is 3.33. The van der Waals surface area contributed by atoms with Crippen molar-refractivity contribution < 1.29 is 0 Å². The molecule has 1 nitrogen and oxygen atoms in total. The Morgan fingerprint density at radius 3 is 1.40 bits per heavy atom. The highest BCUT2D eigenvalue weighted by molar-refractivity contribution is 7.21. The average molecular weight is 652 g/mol. The molecular weight excluding hydrogens is 619 g/mol. The molecule has 2 aliphatic rings. The Morgan fingerprint density at radius 1 is 0.300 bits per heavy atom. The van der Waals surface area contributed by atoms with Crippen LogP contribution in [0.5, 0.6) is 0 Å². The third-order valence-corrected chi connectivity index (χ3v) is 15.5. The second-order valence-corrected chi connectivity index (χ2v) is 17.0. The van der Waals surface area contributed by atoms with Gasteiger partial charge in [-0.05, 0) is 72.3 Å². The van der Waals surface area contributed by atoms with Gasteiger partial charge < -0.3 is 4.90 Å². The van der Waals surface area contributed by atoms with Gasteiger partial charge >= 0.3 is 0 Å². The maximum atomic E-state index is 2.59. The van der Waals surface area contributed by atoms with Crippen molar-refractivity contribution in [1.82, 2.24) is 0 Å². The van der Waals surface area contributed by atoms with Crippen LogP contribution in [0, 0.1) is 0 Å². The van der Waals surface area contributed by atoms with Crippen molar-refractivity contribution in [2.24, 2.45) is 0 Å². The molecular formula is C48H33NSi. The molecule has 0 saturated carbocycles. The SMILES string of the molecule is c1ccc(-c2ccc3c(c2)[Si](c2ccccc2)(c2ccccc2)c2cc(-c4ccccc4)cc4c2N3c2ccccc2-c2ccccc2-4)cc1. The Labute approximate surface area is 294 Å². The monoisotopic (exact) mass is 651 g/mol. The number of rotatable bonds is 4. The molecule has 0 N–H and O–H groups in total. The van der Waals surface area contributed by atoms with E-state index in [0.717, 1.165) is 0 Å². The number of fused-ring (bicyclic) bond motifs is 7. The third kappa shape index (κ3) is 4.19. The minimum Gasteiger partial charge on any atom is -0.309 e. The van der Waals surface area contributed by atoms with Crippen LogP contribution in [0.25, 0.3) is 44.5 Å². The number of para-hydroxylation sites is 1. The molecule has 0 fully saturated rings. The first-order valence-electron chi connectivity index (χ1n) is 17.4. The maximum absolute atomic E-state index is 2.97. The van der Waals surface area contributed by atoms with E-state index in [2.05, 4.69) is 205 Å². The molecule has 0 radical (unpaired) electrons. The zero-order valence-electron chi connectivity index (χ0n) is 27.5. The van der Waals surface area contributed by atoms with Crippen molar-refractivity contribution in [2.75, 3.05) is 4.90 Å². The zero-order chi connectivity index (χ0) is 33.1. The van der Waals surface area contributed by atoms with Crippen LogP contribution < -0.4 is 25.6 Å². The van der Waals surface area contributed by atoms with Gasteiger partial charge in [0.15, 0.2) is 8.07 Å². The van der Waals surface area contributed by atoms with Crippen LogP contribution in [-0.2, 0) is 0 Å². The van der Waals surface area contributed by atoms with Gasteiger partial charge in [0.2, 0.25) is 0 Å². The standard InChI is InChI=1S/C48H33NSi/c1-5-17-34(18-6-1)36-29-30-45-46(32-36)50(38-21-9-3-10-22-38,39-23-11-4-12-24-39)47-33-37(35-19-7-2-8-20-35)31-43-41-26-14-13-25-40(41)42-27-15-16-28-44(42)49(45)48(43)47/h1-33H. The maximum Gasteiger partial charge on any atom is 0.184 e. The highest BCUT2D eigenvalue weighted by atomic mass is 28.3. The van der Waals surface area contributed by atoms with E-state index in [4.69, 9.17) is 0 Å². The fraction of sp³-hybridized carbons (Fsp3) is 0. The van der Waals surface area contributed by atoms with Gasteiger partial charge in [-0.3, -0.25) is 0 Å². The summed E-state index contributed by atoms with van der Waals surface area (Å²) in [6, 6.07) is 74.7. The molecule has 0 spiro atoms. The van der Waals surface area contributed by atoms with Crippen molar-refractivity contribution in [2.45, 2.75) is 0 Å². The van der Waals surface area contributed by atoms with Crippen LogP contribution in [-0.4, -0.2) is 8.07 Å². The van der Waals surface area contributed by atoms with Crippen LogP contribution in [0.2, 0.25) is 0 Å². The Balaban J connectivity index is 1.45. The van der Waals surface area contributed by atoms with E-state index in [1.54, 1.807) is 0 Å². The first-order valence-corrected chi connectivity index (χ1v) is 19.4. The Morgan fingerprint density at radius 2 is 0.780 bits per heavy atom. The molecule has 8 aromatic rings. The summed E-state index contributed by atoms with van der Waals surface area (Å²) in [7, 11) is -2.97. The molecule has 0 bridgehead atoms. The molecule has 0 unspecified atom stereocenters. The minimum atomic E-state index is -2.97. The van der Waals surface area contributed by atoms with E-state index in [9.17, 15) is 0 Å². The molecule has 0 atom stereocenters. The zero-order valence-corrected chi connectivity index (χ0v) is 28.5. The lowest BCUT2D eigenvalue weighted by Crippen LogP contribution is -2.77. The predicted octanol–water partition coefficient (Wildman–Crippen LogP) is 9.83.